The number of hydrogen-bond donors (Lipinski definition) is 1. The normalized spacial score (nSPS) is 15.3. The van der Waals surface area contributed by atoms with E-state index < -0.39 is 0 Å². The molecule has 0 amide bonds. The lowest BCUT2D eigenvalue weighted by Crippen LogP contribution is -2.09. The molecule has 2 aromatic rings. The Morgan fingerprint density at radius 1 is 1.00 bits per heavy atom. The van der Waals surface area contributed by atoms with Crippen LogP contribution in [0.25, 0.3) is 11.1 Å². The largest absolute Gasteiger partial charge is 0.467 e. The summed E-state index contributed by atoms with van der Waals surface area (Å²) in [7, 11) is 0. The third-order valence-corrected chi connectivity index (χ3v) is 5.02. The van der Waals surface area contributed by atoms with Crippen LogP contribution in [0, 0.1) is 0 Å². The number of hydrogen-bond acceptors (Lipinski definition) is 5. The molecule has 7 heteroatoms. The van der Waals surface area contributed by atoms with E-state index >= 15 is 0 Å². The maximum Gasteiger partial charge on any atom is 0.191 e. The van der Waals surface area contributed by atoms with Crippen LogP contribution in [-0.2, 0) is 4.74 Å². The summed E-state index contributed by atoms with van der Waals surface area (Å²) in [6, 6.07) is 7.48. The molecule has 134 valence electrons. The van der Waals surface area contributed by atoms with Gasteiger partial charge in [-0.3, -0.25) is 0 Å². The van der Waals surface area contributed by atoms with Gasteiger partial charge >= 0.3 is 0 Å². The predicted octanol–water partition coefficient (Wildman–Crippen LogP) is 4.80. The highest BCUT2D eigenvalue weighted by Gasteiger charge is 2.25. The van der Waals surface area contributed by atoms with E-state index in [-0.39, 0.29) is 13.6 Å². The van der Waals surface area contributed by atoms with Crippen LogP contribution in [0.3, 0.4) is 0 Å². The number of ether oxygens (including phenoxy) is 2. The summed E-state index contributed by atoms with van der Waals surface area (Å²) in [6.07, 6.45) is 5.83. The van der Waals surface area contributed by atoms with Crippen LogP contribution in [0.5, 0.6) is 5.75 Å². The summed E-state index contributed by atoms with van der Waals surface area (Å²) in [5.74, 6) is 0.999. The lowest BCUT2D eigenvalue weighted by atomic mass is 9.82. The van der Waals surface area contributed by atoms with Crippen molar-refractivity contribution in [2.45, 2.75) is 38.0 Å². The summed E-state index contributed by atoms with van der Waals surface area (Å²) in [4.78, 5) is 0. The average Bonchev–Trinajstić information content (AvgIpc) is 2.65. The molecule has 3 rings (SSSR count). The van der Waals surface area contributed by atoms with Gasteiger partial charge in [0.15, 0.2) is 17.1 Å². The summed E-state index contributed by atoms with van der Waals surface area (Å²) < 4.78 is 10.1. The van der Waals surface area contributed by atoms with Gasteiger partial charge in [0, 0.05) is 11.1 Å². The summed E-state index contributed by atoms with van der Waals surface area (Å²) in [5, 5.41) is 17.4. The molecule has 0 aliphatic heterocycles. The van der Waals surface area contributed by atoms with E-state index in [1.54, 1.807) is 0 Å². The molecule has 0 unspecified atom stereocenters. The van der Waals surface area contributed by atoms with E-state index in [1.165, 1.54) is 19.3 Å². The van der Waals surface area contributed by atoms with E-state index in [4.69, 9.17) is 37.8 Å². The van der Waals surface area contributed by atoms with E-state index in [2.05, 4.69) is 10.2 Å². The van der Waals surface area contributed by atoms with Crippen molar-refractivity contribution in [2.24, 2.45) is 0 Å². The van der Waals surface area contributed by atoms with Crippen molar-refractivity contribution >= 4 is 23.2 Å². The Morgan fingerprint density at radius 3 is 2.36 bits per heavy atom. The number of halogens is 2. The lowest BCUT2D eigenvalue weighted by Gasteiger charge is -2.25. The zero-order valence-electron chi connectivity index (χ0n) is 13.8. The smallest absolute Gasteiger partial charge is 0.191 e. The number of rotatable bonds is 6. The van der Waals surface area contributed by atoms with Gasteiger partial charge in [0.05, 0.1) is 0 Å². The highest BCUT2D eigenvalue weighted by Crippen LogP contribution is 2.43. The van der Waals surface area contributed by atoms with Gasteiger partial charge in [0.1, 0.15) is 12.5 Å². The Bertz CT molecular complexity index is 704. The molecule has 25 heavy (non-hydrogen) atoms. The molecule has 1 aromatic carbocycles. The van der Waals surface area contributed by atoms with Crippen LogP contribution >= 0.6 is 23.2 Å². The van der Waals surface area contributed by atoms with Crippen LogP contribution in [0.15, 0.2) is 24.3 Å². The fraction of sp³-hybridized carbons (Fsp3) is 0.444. The molecule has 1 N–H and O–H groups in total. The Labute approximate surface area is 156 Å². The van der Waals surface area contributed by atoms with Crippen LogP contribution in [-0.4, -0.2) is 28.9 Å². The lowest BCUT2D eigenvalue weighted by molar-refractivity contribution is -0.0653. The SMILES string of the molecule is OCOCOc1ccc(-c2c(Cl)nnc(Cl)c2C2CCCCC2)cc1. The van der Waals surface area contributed by atoms with Crippen molar-refractivity contribution in [1.82, 2.24) is 10.2 Å². The second-order valence-corrected chi connectivity index (χ2v) is 6.74. The van der Waals surface area contributed by atoms with E-state index in [1.807, 2.05) is 24.3 Å². The Hall–Kier alpha value is -1.40. The maximum absolute atomic E-state index is 8.61. The van der Waals surface area contributed by atoms with E-state index in [0.29, 0.717) is 22.0 Å². The molecular formula is C18H20Cl2N2O3. The van der Waals surface area contributed by atoms with Gasteiger partial charge in [-0.2, -0.15) is 0 Å². The minimum Gasteiger partial charge on any atom is -0.467 e. The maximum atomic E-state index is 8.61. The topological polar surface area (TPSA) is 64.5 Å². The molecule has 1 fully saturated rings. The fourth-order valence-corrected chi connectivity index (χ4v) is 3.84. The Kier molecular flexibility index (Phi) is 6.48. The van der Waals surface area contributed by atoms with Gasteiger partial charge in [-0.25, -0.2) is 0 Å². The quantitative estimate of drug-likeness (QED) is 0.573. The first-order chi connectivity index (χ1) is 12.2. The summed E-state index contributed by atoms with van der Waals surface area (Å²) in [6.45, 7) is -0.383. The molecule has 0 saturated heterocycles. The van der Waals surface area contributed by atoms with Gasteiger partial charge in [0.25, 0.3) is 0 Å². The first-order valence-electron chi connectivity index (χ1n) is 8.34. The van der Waals surface area contributed by atoms with Crippen LogP contribution in [0.2, 0.25) is 10.3 Å². The predicted molar refractivity (Wildman–Crippen MR) is 97.0 cm³/mol. The van der Waals surface area contributed by atoms with Crippen molar-refractivity contribution < 1.29 is 14.6 Å². The minimum absolute atomic E-state index is 0.00737. The highest BCUT2D eigenvalue weighted by molar-refractivity contribution is 6.34. The second-order valence-electron chi connectivity index (χ2n) is 6.03. The van der Waals surface area contributed by atoms with Crippen LogP contribution in [0.1, 0.15) is 43.6 Å². The number of benzene rings is 1. The molecule has 1 heterocycles. The molecule has 1 aliphatic carbocycles. The van der Waals surface area contributed by atoms with Crippen LogP contribution < -0.4 is 4.74 Å². The van der Waals surface area contributed by atoms with Gasteiger partial charge < -0.3 is 14.6 Å². The van der Waals surface area contributed by atoms with Gasteiger partial charge in [-0.05, 0) is 36.5 Å². The first kappa shape index (κ1) is 18.4. The molecule has 5 nitrogen and oxygen atoms in total. The summed E-state index contributed by atoms with van der Waals surface area (Å²) >= 11 is 12.8. The zero-order valence-corrected chi connectivity index (χ0v) is 15.3. The van der Waals surface area contributed by atoms with Gasteiger partial charge in [-0.1, -0.05) is 54.6 Å². The molecule has 1 aliphatic rings. The second kappa shape index (κ2) is 8.81. The van der Waals surface area contributed by atoms with Crippen molar-refractivity contribution in [3.05, 3.63) is 40.1 Å². The highest BCUT2D eigenvalue weighted by atomic mass is 35.5. The molecular weight excluding hydrogens is 363 g/mol. The summed E-state index contributed by atoms with van der Waals surface area (Å²) in [5.41, 5.74) is 2.78. The Morgan fingerprint density at radius 2 is 1.68 bits per heavy atom. The zero-order chi connectivity index (χ0) is 17.6. The third kappa shape index (κ3) is 4.42. The monoisotopic (exact) mass is 382 g/mol. The molecule has 0 spiro atoms. The minimum atomic E-state index is -0.375. The molecule has 0 atom stereocenters. The number of aliphatic hydroxyl groups is 1. The molecule has 0 bridgehead atoms. The molecule has 1 aromatic heterocycles. The molecule has 0 radical (unpaired) electrons. The standard InChI is InChI=1S/C18H20Cl2N2O3/c19-17-15(12-4-2-1-3-5-12)16(18(20)22-21-17)13-6-8-14(9-7-13)25-11-24-10-23/h6-9,12,23H,1-5,10-11H2. The number of aliphatic hydroxyl groups excluding tert-OH is 1. The third-order valence-electron chi connectivity index (χ3n) is 4.48. The average molecular weight is 383 g/mol. The van der Waals surface area contributed by atoms with Gasteiger partial charge in [-0.15, -0.1) is 10.2 Å². The van der Waals surface area contributed by atoms with Crippen molar-refractivity contribution in [2.75, 3.05) is 13.6 Å². The van der Waals surface area contributed by atoms with Crippen LogP contribution in [0.4, 0.5) is 0 Å². The van der Waals surface area contributed by atoms with E-state index in [9.17, 15) is 0 Å². The first-order valence-corrected chi connectivity index (χ1v) is 9.09. The number of aromatic nitrogens is 2. The Balaban J connectivity index is 1.91. The van der Waals surface area contributed by atoms with Crippen molar-refractivity contribution in [3.8, 4) is 16.9 Å². The van der Waals surface area contributed by atoms with Crippen molar-refractivity contribution in [1.29, 1.82) is 0 Å². The number of nitrogens with zero attached hydrogens (tertiary/aromatic N) is 2. The molecule has 1 saturated carbocycles. The fourth-order valence-electron chi connectivity index (χ4n) is 3.31. The van der Waals surface area contributed by atoms with Gasteiger partial charge in [0.2, 0.25) is 0 Å². The van der Waals surface area contributed by atoms with E-state index in [0.717, 1.165) is 29.5 Å². The van der Waals surface area contributed by atoms with Crippen molar-refractivity contribution in [3.63, 3.8) is 0 Å².